The van der Waals surface area contributed by atoms with E-state index in [9.17, 15) is 4.79 Å². The van der Waals surface area contributed by atoms with Crippen molar-refractivity contribution in [3.8, 4) is 11.5 Å². The fraction of sp³-hybridized carbons (Fsp3) is 0.316. The number of thiophene rings is 1. The predicted octanol–water partition coefficient (Wildman–Crippen LogP) is 1.24. The topological polar surface area (TPSA) is 64.0 Å². The van der Waals surface area contributed by atoms with E-state index in [4.69, 9.17) is 9.47 Å². The van der Waals surface area contributed by atoms with Crippen molar-refractivity contribution in [2.75, 3.05) is 25.7 Å². The Morgan fingerprint density at radius 3 is 3.08 bits per heavy atom. The van der Waals surface area contributed by atoms with Gasteiger partial charge >= 0.3 is 0 Å². The normalized spacial score (nSPS) is 23.3. The van der Waals surface area contributed by atoms with Gasteiger partial charge in [0.25, 0.3) is 5.91 Å². The lowest BCUT2D eigenvalue weighted by Gasteiger charge is -2.24. The number of quaternary nitrogens is 1. The highest BCUT2D eigenvalue weighted by Crippen LogP contribution is 2.37. The molecule has 0 fully saturated rings. The molecule has 0 radical (unpaired) electrons. The molecule has 0 aliphatic carbocycles. The maximum Gasteiger partial charge on any atom is 0.256 e. The average molecular weight is 370 g/mol. The summed E-state index contributed by atoms with van der Waals surface area (Å²) in [5.41, 5.74) is 3.09. The number of carbonyl (C=O) groups is 1. The van der Waals surface area contributed by atoms with E-state index in [2.05, 4.69) is 17.7 Å². The fourth-order valence-electron chi connectivity index (χ4n) is 3.67. The van der Waals surface area contributed by atoms with Crippen LogP contribution >= 0.6 is 11.3 Å². The van der Waals surface area contributed by atoms with Gasteiger partial charge in [-0.1, -0.05) is 12.1 Å². The lowest BCUT2D eigenvalue weighted by Crippen LogP contribution is -3.08. The summed E-state index contributed by atoms with van der Waals surface area (Å²) in [5.74, 6) is 1.55. The number of anilines is 1. The number of rotatable bonds is 2. The first-order chi connectivity index (χ1) is 12.7. The van der Waals surface area contributed by atoms with Crippen molar-refractivity contribution < 1.29 is 19.2 Å². The first-order valence-electron chi connectivity index (χ1n) is 8.78. The summed E-state index contributed by atoms with van der Waals surface area (Å²) in [4.78, 5) is 15.5. The second-order valence-corrected chi connectivity index (χ2v) is 8.01. The molecule has 4 heterocycles. The van der Waals surface area contributed by atoms with Gasteiger partial charge in [0.2, 0.25) is 6.79 Å². The van der Waals surface area contributed by atoms with Crippen molar-refractivity contribution in [1.29, 1.82) is 0 Å². The molecule has 1 amide bonds. The molecule has 2 aromatic rings. The Bertz CT molecular complexity index is 921. The molecule has 0 saturated heterocycles. The van der Waals surface area contributed by atoms with Gasteiger partial charge in [-0.05, 0) is 29.3 Å². The number of hydrogen-bond acceptors (Lipinski definition) is 5. The molecule has 0 saturated carbocycles. The molecule has 7 heteroatoms. The standard InChI is InChI=1S/C19H19N3O3S/c1-22-7-6-12-15(9-22)26-19-17(12)18(23)20-16(21-19)5-3-11-2-4-13-14(8-11)25-10-24-13/h2-5,8,16,21H,6-7,9-10H2,1H3,(H,20,23)/p+1/t16-/m0/s1. The second-order valence-electron chi connectivity index (χ2n) is 6.91. The fourth-order valence-corrected chi connectivity index (χ4v) is 5.07. The Hall–Kier alpha value is -2.51. The van der Waals surface area contributed by atoms with Crippen molar-refractivity contribution in [3.63, 3.8) is 0 Å². The Balaban J connectivity index is 1.37. The van der Waals surface area contributed by atoms with E-state index in [0.29, 0.717) is 0 Å². The first-order valence-corrected chi connectivity index (χ1v) is 9.60. The van der Waals surface area contributed by atoms with E-state index in [0.717, 1.165) is 47.1 Å². The van der Waals surface area contributed by atoms with Gasteiger partial charge in [0.1, 0.15) is 17.7 Å². The largest absolute Gasteiger partial charge is 0.454 e. The zero-order valence-electron chi connectivity index (χ0n) is 14.4. The van der Waals surface area contributed by atoms with E-state index in [1.54, 1.807) is 11.3 Å². The lowest BCUT2D eigenvalue weighted by molar-refractivity contribution is -0.895. The summed E-state index contributed by atoms with van der Waals surface area (Å²) in [6, 6.07) is 5.82. The summed E-state index contributed by atoms with van der Waals surface area (Å²) >= 11 is 1.72. The van der Waals surface area contributed by atoms with Crippen molar-refractivity contribution in [1.82, 2.24) is 5.32 Å². The molecule has 3 aliphatic heterocycles. The third-order valence-corrected chi connectivity index (χ3v) is 6.20. The summed E-state index contributed by atoms with van der Waals surface area (Å²) in [6.07, 6.45) is 4.70. The zero-order valence-corrected chi connectivity index (χ0v) is 15.2. The SMILES string of the molecule is C[NH+]1CCc2c(sc3c2C(=O)N[C@H](C=Cc2ccc4c(c2)OCO4)N3)C1. The zero-order chi connectivity index (χ0) is 17.7. The number of nitrogens with one attached hydrogen (secondary N) is 3. The molecule has 0 bridgehead atoms. The van der Waals surface area contributed by atoms with Gasteiger partial charge in [-0.25, -0.2) is 0 Å². The van der Waals surface area contributed by atoms with E-state index >= 15 is 0 Å². The van der Waals surface area contributed by atoms with Gasteiger partial charge < -0.3 is 25.0 Å². The van der Waals surface area contributed by atoms with E-state index in [1.807, 2.05) is 30.4 Å². The molecule has 1 aromatic carbocycles. The van der Waals surface area contributed by atoms with Crippen LogP contribution in [0, 0.1) is 0 Å². The minimum atomic E-state index is -0.217. The molecule has 134 valence electrons. The summed E-state index contributed by atoms with van der Waals surface area (Å²) in [7, 11) is 2.20. The quantitative estimate of drug-likeness (QED) is 0.744. The number of fused-ring (bicyclic) bond motifs is 4. The van der Waals surface area contributed by atoms with E-state index in [-0.39, 0.29) is 18.9 Å². The summed E-state index contributed by atoms with van der Waals surface area (Å²) in [6.45, 7) is 2.35. The smallest absolute Gasteiger partial charge is 0.256 e. The number of benzene rings is 1. The maximum absolute atomic E-state index is 12.7. The van der Waals surface area contributed by atoms with Crippen LogP contribution in [0.5, 0.6) is 11.5 Å². The minimum Gasteiger partial charge on any atom is -0.454 e. The van der Waals surface area contributed by atoms with Gasteiger partial charge in [-0.15, -0.1) is 11.3 Å². The molecular formula is C19H20N3O3S+. The lowest BCUT2D eigenvalue weighted by atomic mass is 10.0. The highest BCUT2D eigenvalue weighted by atomic mass is 32.1. The van der Waals surface area contributed by atoms with Crippen molar-refractivity contribution in [2.45, 2.75) is 19.1 Å². The number of carbonyl (C=O) groups excluding carboxylic acids is 1. The molecule has 3 N–H and O–H groups in total. The van der Waals surface area contributed by atoms with Gasteiger partial charge in [-0.3, -0.25) is 4.79 Å². The Morgan fingerprint density at radius 1 is 1.27 bits per heavy atom. The second kappa shape index (κ2) is 6.03. The van der Waals surface area contributed by atoms with Crippen LogP contribution in [0.25, 0.3) is 6.08 Å². The summed E-state index contributed by atoms with van der Waals surface area (Å²) in [5, 5.41) is 7.50. The Morgan fingerprint density at radius 2 is 2.15 bits per heavy atom. The number of amides is 1. The molecule has 6 nitrogen and oxygen atoms in total. The van der Waals surface area contributed by atoms with E-state index < -0.39 is 0 Å². The van der Waals surface area contributed by atoms with Crippen LogP contribution in [0.4, 0.5) is 5.00 Å². The average Bonchev–Trinajstić information content (AvgIpc) is 3.22. The highest BCUT2D eigenvalue weighted by Gasteiger charge is 2.32. The van der Waals surface area contributed by atoms with Crippen molar-refractivity contribution in [2.24, 2.45) is 0 Å². The molecule has 2 atom stereocenters. The molecule has 1 aromatic heterocycles. The van der Waals surface area contributed by atoms with Crippen molar-refractivity contribution in [3.05, 3.63) is 45.8 Å². The Kier molecular flexibility index (Phi) is 3.65. The number of ether oxygens (including phenoxy) is 2. The molecule has 1 unspecified atom stereocenters. The monoisotopic (exact) mass is 370 g/mol. The first kappa shape index (κ1) is 15.7. The van der Waals surface area contributed by atoms with Crippen LogP contribution in [0.3, 0.4) is 0 Å². The number of hydrogen-bond donors (Lipinski definition) is 3. The van der Waals surface area contributed by atoms with Gasteiger partial charge in [-0.2, -0.15) is 0 Å². The molecular weight excluding hydrogens is 350 g/mol. The van der Waals surface area contributed by atoms with Gasteiger partial charge in [0, 0.05) is 6.42 Å². The molecule has 0 spiro atoms. The number of likely N-dealkylation sites (N-methyl/N-ethyl adjacent to an activating group) is 1. The molecule has 26 heavy (non-hydrogen) atoms. The van der Waals surface area contributed by atoms with Crippen LogP contribution in [0.1, 0.15) is 26.4 Å². The van der Waals surface area contributed by atoms with E-state index in [1.165, 1.54) is 15.3 Å². The third-order valence-electron chi connectivity index (χ3n) is 5.03. The highest BCUT2D eigenvalue weighted by molar-refractivity contribution is 7.16. The Labute approximate surface area is 155 Å². The minimum absolute atomic E-state index is 0.0242. The molecule has 5 rings (SSSR count). The van der Waals surface area contributed by atoms with Gasteiger partial charge in [0.05, 0.1) is 24.0 Å². The van der Waals surface area contributed by atoms with Crippen LogP contribution < -0.4 is 25.0 Å². The van der Waals surface area contributed by atoms with Crippen molar-refractivity contribution >= 4 is 28.3 Å². The predicted molar refractivity (Wildman–Crippen MR) is 100.0 cm³/mol. The maximum atomic E-state index is 12.7. The van der Waals surface area contributed by atoms with Gasteiger partial charge in [0.15, 0.2) is 11.5 Å². The van der Waals surface area contributed by atoms with Crippen LogP contribution in [-0.4, -0.2) is 32.5 Å². The third kappa shape index (κ3) is 2.64. The summed E-state index contributed by atoms with van der Waals surface area (Å²) < 4.78 is 10.7. The molecule has 3 aliphatic rings. The van der Waals surface area contributed by atoms with Crippen LogP contribution in [-0.2, 0) is 13.0 Å². The van der Waals surface area contributed by atoms with Crippen LogP contribution in [0.15, 0.2) is 24.3 Å². The van der Waals surface area contributed by atoms with Crippen LogP contribution in [0.2, 0.25) is 0 Å².